The van der Waals surface area contributed by atoms with Gasteiger partial charge in [-0.25, -0.2) is 0 Å². The molecule has 5 heteroatoms. The molecule has 11 rings (SSSR count). The van der Waals surface area contributed by atoms with E-state index in [1.807, 2.05) is 11.3 Å². The Labute approximate surface area is 388 Å². The van der Waals surface area contributed by atoms with Crippen LogP contribution in [0.15, 0.2) is 279 Å². The Hall–Kier alpha value is -6.97. The zero-order chi connectivity index (χ0) is 43.5. The molecular weight excluding hydrogens is 853 g/mol. The van der Waals surface area contributed by atoms with Crippen molar-refractivity contribution >= 4 is 108 Å². The predicted octanol–water partition coefficient (Wildman–Crippen LogP) is 8.08. The lowest BCUT2D eigenvalue weighted by Gasteiger charge is -2.44. The van der Waals surface area contributed by atoms with Gasteiger partial charge >= 0.3 is 0 Å². The number of hydrogen-bond donors (Lipinski definition) is 0. The molecule has 310 valence electrons. The van der Waals surface area contributed by atoms with Crippen molar-refractivity contribution in [3.63, 3.8) is 0 Å². The van der Waals surface area contributed by atoms with Crippen LogP contribution in [0.25, 0.3) is 20.2 Å². The molecule has 0 fully saturated rings. The minimum Gasteiger partial charge on any atom is -0.435 e. The van der Waals surface area contributed by atoms with Crippen LogP contribution in [-0.4, -0.2) is 24.7 Å². The summed E-state index contributed by atoms with van der Waals surface area (Å²) in [4.78, 5) is 0. The van der Waals surface area contributed by atoms with Crippen LogP contribution >= 0.6 is 11.3 Å². The summed E-state index contributed by atoms with van der Waals surface area (Å²) in [6.07, 6.45) is 0. The zero-order valence-electron chi connectivity index (χ0n) is 35.9. The van der Waals surface area contributed by atoms with Crippen LogP contribution in [0.2, 0.25) is 0 Å². The fourth-order valence-corrected chi connectivity index (χ4v) is 27.7. The molecule has 0 aliphatic heterocycles. The highest BCUT2D eigenvalue weighted by Crippen LogP contribution is 2.34. The van der Waals surface area contributed by atoms with Crippen molar-refractivity contribution in [1.82, 2.24) is 0 Å². The topological polar surface area (TPSA) is 9.23 Å². The summed E-state index contributed by atoms with van der Waals surface area (Å²) >= 11 is 1.93. The molecule has 11 aromatic rings. The summed E-state index contributed by atoms with van der Waals surface area (Å²) in [5.41, 5.74) is 0. The van der Waals surface area contributed by atoms with Crippen molar-refractivity contribution in [1.29, 1.82) is 0 Å². The molecule has 0 N–H and O–H groups in total. The van der Waals surface area contributed by atoms with E-state index in [0.29, 0.717) is 0 Å². The Morgan fingerprint density at radius 2 is 0.585 bits per heavy atom. The lowest BCUT2D eigenvalue weighted by Crippen LogP contribution is -2.81. The molecule has 0 aliphatic rings. The Morgan fingerprint density at radius 3 is 1.03 bits per heavy atom. The Kier molecular flexibility index (Phi) is 11.0. The molecule has 1 heterocycles. The van der Waals surface area contributed by atoms with E-state index in [-0.39, 0.29) is 0 Å². The van der Waals surface area contributed by atoms with Crippen LogP contribution in [0, 0.1) is 0 Å². The van der Waals surface area contributed by atoms with Crippen LogP contribution in [0.3, 0.4) is 0 Å². The van der Waals surface area contributed by atoms with Crippen LogP contribution in [0.4, 0.5) is 0 Å². The van der Waals surface area contributed by atoms with Crippen molar-refractivity contribution < 1.29 is 4.12 Å². The summed E-state index contributed by atoms with van der Waals surface area (Å²) in [5, 5.41) is 15.3. The Bertz CT molecular complexity index is 3150. The molecule has 0 radical (unpaired) electrons. The smallest absolute Gasteiger partial charge is 0.278 e. The molecule has 0 saturated heterocycles. The van der Waals surface area contributed by atoms with E-state index in [1.165, 1.54) is 72.0 Å². The number of benzene rings is 10. The van der Waals surface area contributed by atoms with Gasteiger partial charge in [-0.15, -0.1) is 11.3 Å². The van der Waals surface area contributed by atoms with Crippen LogP contribution in [-0.2, 0) is 4.12 Å². The predicted molar refractivity (Wildman–Crippen MR) is 286 cm³/mol. The van der Waals surface area contributed by atoms with Crippen molar-refractivity contribution in [2.24, 2.45) is 0 Å². The minimum atomic E-state index is -3.51. The van der Waals surface area contributed by atoms with Gasteiger partial charge in [-0.2, -0.15) is 0 Å². The molecule has 10 aromatic carbocycles. The second-order valence-corrected chi connectivity index (χ2v) is 28.5. The summed E-state index contributed by atoms with van der Waals surface area (Å²) < 4.78 is 11.5. The second kappa shape index (κ2) is 17.5. The number of fused-ring (bicyclic) bond motifs is 3. The molecule has 0 spiro atoms. The second-order valence-electron chi connectivity index (χ2n) is 16.6. The maximum Gasteiger partial charge on any atom is 0.278 e. The van der Waals surface area contributed by atoms with E-state index in [4.69, 9.17) is 4.12 Å². The number of hydrogen-bond acceptors (Lipinski definition) is 2. The fourth-order valence-electron chi connectivity index (χ4n) is 10.3. The molecule has 0 aliphatic carbocycles. The van der Waals surface area contributed by atoms with E-state index in [1.54, 1.807) is 0 Å². The minimum absolute atomic E-state index is 1.21. The van der Waals surface area contributed by atoms with Gasteiger partial charge in [0.05, 0.1) is 0 Å². The van der Waals surface area contributed by atoms with Gasteiger partial charge in [-0.1, -0.05) is 273 Å². The third kappa shape index (κ3) is 6.92. The summed E-state index contributed by atoms with van der Waals surface area (Å²) in [7, 11) is -9.96. The fraction of sp³-hybridized carbons (Fsp3) is 0. The Morgan fingerprint density at radius 1 is 0.262 bits per heavy atom. The molecule has 0 saturated carbocycles. The lowest BCUT2D eigenvalue weighted by molar-refractivity contribution is 0.600. The quantitative estimate of drug-likeness (QED) is 0.0892. The first-order chi connectivity index (χ1) is 32.2. The molecule has 0 amide bonds. The van der Waals surface area contributed by atoms with Gasteiger partial charge in [-0.3, -0.25) is 0 Å². The number of rotatable bonds is 12. The van der Waals surface area contributed by atoms with Crippen molar-refractivity contribution in [2.45, 2.75) is 0 Å². The maximum atomic E-state index is 8.83. The third-order valence-electron chi connectivity index (χ3n) is 13.1. The SMILES string of the molecule is c1ccc([Si](O[Si](c2ccccc2)(c2ccccc2)c2cccc([Si](c3ccccc3)(c3ccccc3)c3cccc4c3sc3ccccc34)c2)(c2ccccc2)c2ccccc2)cc1. The maximum absolute atomic E-state index is 8.83. The van der Waals surface area contributed by atoms with E-state index >= 15 is 0 Å². The Balaban J connectivity index is 1.28. The molecule has 0 bridgehead atoms. The first-order valence-electron chi connectivity index (χ1n) is 22.3. The van der Waals surface area contributed by atoms with Crippen LogP contribution in [0.5, 0.6) is 0 Å². The highest BCUT2D eigenvalue weighted by Gasteiger charge is 2.53. The number of thiophene rings is 1. The first kappa shape index (κ1) is 40.8. The molecule has 65 heavy (non-hydrogen) atoms. The monoisotopic (exact) mass is 898 g/mol. The van der Waals surface area contributed by atoms with Gasteiger partial charge in [0.25, 0.3) is 16.6 Å². The highest BCUT2D eigenvalue weighted by molar-refractivity contribution is 7.31. The average Bonchev–Trinajstić information content (AvgIpc) is 3.79. The molecule has 0 unspecified atom stereocenters. The molecule has 0 atom stereocenters. The molecule has 1 nitrogen and oxygen atoms in total. The summed E-state index contributed by atoms with van der Waals surface area (Å²) in [6.45, 7) is 0. The largest absolute Gasteiger partial charge is 0.435 e. The van der Waals surface area contributed by atoms with Gasteiger partial charge in [0.2, 0.25) is 0 Å². The van der Waals surface area contributed by atoms with Crippen molar-refractivity contribution in [3.05, 3.63) is 279 Å². The van der Waals surface area contributed by atoms with Crippen molar-refractivity contribution in [3.8, 4) is 0 Å². The van der Waals surface area contributed by atoms with Crippen LogP contribution < -0.4 is 51.9 Å². The van der Waals surface area contributed by atoms with Gasteiger partial charge in [0.15, 0.2) is 8.07 Å². The molecular formula is C60H46OSSi3. The van der Waals surface area contributed by atoms with E-state index in [0.717, 1.165) is 0 Å². The summed E-state index contributed by atoms with van der Waals surface area (Å²) in [5.74, 6) is 0. The first-order valence-corrected chi connectivity index (χ1v) is 29.0. The average molecular weight is 899 g/mol. The van der Waals surface area contributed by atoms with Crippen molar-refractivity contribution in [2.75, 3.05) is 0 Å². The third-order valence-corrected chi connectivity index (χ3v) is 28.6. The van der Waals surface area contributed by atoms with Gasteiger partial charge in [0.1, 0.15) is 0 Å². The normalized spacial score (nSPS) is 12.1. The van der Waals surface area contributed by atoms with E-state index in [9.17, 15) is 0 Å². The lowest BCUT2D eigenvalue weighted by atomic mass is 10.1. The zero-order valence-corrected chi connectivity index (χ0v) is 39.7. The van der Waals surface area contributed by atoms with Gasteiger partial charge < -0.3 is 4.12 Å². The summed E-state index contributed by atoms with van der Waals surface area (Å²) in [6, 6.07) is 104. The van der Waals surface area contributed by atoms with Crippen LogP contribution in [0.1, 0.15) is 0 Å². The van der Waals surface area contributed by atoms with Gasteiger partial charge in [0, 0.05) is 20.2 Å². The highest BCUT2D eigenvalue weighted by atomic mass is 32.1. The standard InChI is InChI=1S/C60H46OSSi3/c1-8-26-47(27-9-1)63(48-28-10-2-11-29-48,59-45-25-43-57-56-42-22-23-44-58(56)62-60(57)59)54-40-24-41-55(46-54)65(52-36-18-6-19-37-52,53-38-20-7-21-39-53)61-64(49-30-12-3-13-31-49,50-32-14-4-15-33-50)51-34-16-5-17-35-51/h1-46H. The van der Waals surface area contributed by atoms with E-state index in [2.05, 4.69) is 279 Å². The van der Waals surface area contributed by atoms with Gasteiger partial charge in [-0.05, 0) is 57.9 Å². The van der Waals surface area contributed by atoms with E-state index < -0.39 is 24.7 Å². The molecule has 1 aromatic heterocycles.